The van der Waals surface area contributed by atoms with Gasteiger partial charge in [-0.1, -0.05) is 12.1 Å². The van der Waals surface area contributed by atoms with Crippen molar-refractivity contribution in [1.82, 2.24) is 25.1 Å². The first kappa shape index (κ1) is 27.4. The average molecular weight is 544 g/mol. The number of benzene rings is 1. The van der Waals surface area contributed by atoms with Crippen LogP contribution in [0.1, 0.15) is 17.0 Å². The molecule has 3 heterocycles. The third kappa shape index (κ3) is 7.47. The molecule has 14 heteroatoms. The first-order valence-corrected chi connectivity index (χ1v) is 11.7. The van der Waals surface area contributed by atoms with E-state index in [2.05, 4.69) is 30.9 Å². The van der Waals surface area contributed by atoms with Crippen LogP contribution in [0.5, 0.6) is 5.88 Å². The number of alkyl halides is 3. The maximum atomic E-state index is 12.9. The fraction of sp³-hybridized carbons (Fsp3) is 0.280. The van der Waals surface area contributed by atoms with Crippen molar-refractivity contribution in [1.29, 1.82) is 0 Å². The number of pyridine rings is 1. The Bertz CT molecular complexity index is 1420. The average Bonchev–Trinajstić information content (AvgIpc) is 3.30. The Morgan fingerprint density at radius 3 is 2.67 bits per heavy atom. The number of nitrogens with zero attached hydrogens (tertiary/aromatic N) is 6. The van der Waals surface area contributed by atoms with E-state index in [9.17, 15) is 18.0 Å². The van der Waals surface area contributed by atoms with Gasteiger partial charge in [0.25, 0.3) is 6.20 Å². The van der Waals surface area contributed by atoms with Crippen LogP contribution in [0.25, 0.3) is 11.1 Å². The summed E-state index contributed by atoms with van der Waals surface area (Å²) in [5.74, 6) is 0.469. The number of hydrogen-bond donors (Lipinski definition) is 2. The monoisotopic (exact) mass is 543 g/mol. The standard InChI is InChI=1S/C25H25F3N8O3/c1-16-22(23(31-15-30-16)38-10-9-35(2)3)17-7-8-20(29-12-17)13-36-14-21(39-34-36)33-24(37)32-19-6-4-5-18(11-19)25(26,27)28/h4-8,11-12,14-15H,9-10,13H2,1-3H3,(H-,32,33,34,37)/p+1. The van der Waals surface area contributed by atoms with Crippen LogP contribution in [0.15, 0.2) is 59.6 Å². The molecule has 39 heavy (non-hydrogen) atoms. The topological polar surface area (TPSA) is 122 Å². The van der Waals surface area contributed by atoms with Gasteiger partial charge in [-0.2, -0.15) is 13.2 Å². The fourth-order valence-electron chi connectivity index (χ4n) is 3.51. The van der Waals surface area contributed by atoms with E-state index in [1.165, 1.54) is 29.3 Å². The number of aryl methyl sites for hydroxylation is 1. The summed E-state index contributed by atoms with van der Waals surface area (Å²) in [4.78, 5) is 27.2. The number of ether oxygens (including phenoxy) is 1. The quantitative estimate of drug-likeness (QED) is 0.306. The summed E-state index contributed by atoms with van der Waals surface area (Å²) in [7, 11) is 3.92. The number of likely N-dealkylation sites (N-methyl/N-ethyl adjacent to an activating group) is 1. The van der Waals surface area contributed by atoms with Crippen LogP contribution in [0.2, 0.25) is 0 Å². The largest absolute Gasteiger partial charge is 0.476 e. The van der Waals surface area contributed by atoms with Gasteiger partial charge >= 0.3 is 18.1 Å². The van der Waals surface area contributed by atoms with Crippen LogP contribution < -0.4 is 20.1 Å². The number of amides is 2. The maximum absolute atomic E-state index is 12.9. The summed E-state index contributed by atoms with van der Waals surface area (Å²) in [6.07, 6.45) is 0.0419. The summed E-state index contributed by atoms with van der Waals surface area (Å²) >= 11 is 0. The number of nitrogens with one attached hydrogen (secondary N) is 2. The highest BCUT2D eigenvalue weighted by atomic mass is 19.4. The molecule has 2 amide bonds. The van der Waals surface area contributed by atoms with Crippen LogP contribution >= 0.6 is 0 Å². The van der Waals surface area contributed by atoms with E-state index in [0.717, 1.165) is 35.5 Å². The first-order valence-electron chi connectivity index (χ1n) is 11.7. The zero-order valence-corrected chi connectivity index (χ0v) is 21.4. The summed E-state index contributed by atoms with van der Waals surface area (Å²) in [6.45, 7) is 3.31. The van der Waals surface area contributed by atoms with Gasteiger partial charge in [-0.05, 0) is 50.0 Å². The molecule has 0 fully saturated rings. The molecule has 2 N–H and O–H groups in total. The highest BCUT2D eigenvalue weighted by Crippen LogP contribution is 2.31. The summed E-state index contributed by atoms with van der Waals surface area (Å²) in [5.41, 5.74) is 2.05. The van der Waals surface area contributed by atoms with Crippen molar-refractivity contribution >= 4 is 17.6 Å². The second-order valence-electron chi connectivity index (χ2n) is 8.75. The van der Waals surface area contributed by atoms with Crippen molar-refractivity contribution in [3.05, 3.63) is 72.1 Å². The molecule has 0 aliphatic carbocycles. The lowest BCUT2D eigenvalue weighted by Crippen LogP contribution is -2.35. The number of carbonyl (C=O) groups is 1. The molecule has 0 atom stereocenters. The molecule has 11 nitrogen and oxygen atoms in total. The number of rotatable bonds is 9. The van der Waals surface area contributed by atoms with E-state index < -0.39 is 17.8 Å². The molecule has 0 aliphatic rings. The normalized spacial score (nSPS) is 11.5. The number of aromatic nitrogens is 5. The Morgan fingerprint density at radius 2 is 1.95 bits per heavy atom. The van der Waals surface area contributed by atoms with Gasteiger partial charge in [0.2, 0.25) is 17.7 Å². The van der Waals surface area contributed by atoms with Gasteiger partial charge < -0.3 is 15.0 Å². The van der Waals surface area contributed by atoms with Crippen molar-refractivity contribution in [3.63, 3.8) is 0 Å². The van der Waals surface area contributed by atoms with E-state index in [1.54, 1.807) is 12.3 Å². The predicted molar refractivity (Wildman–Crippen MR) is 134 cm³/mol. The number of hydrogen-bond acceptors (Lipinski definition) is 8. The smallest absolute Gasteiger partial charge is 0.416 e. The fourth-order valence-corrected chi connectivity index (χ4v) is 3.51. The number of halogens is 3. The number of carbonyl (C=O) groups excluding carboxylic acids is 1. The molecule has 0 aliphatic heterocycles. The molecule has 4 aromatic rings. The van der Waals surface area contributed by atoms with Gasteiger partial charge in [-0.25, -0.2) is 14.8 Å². The first-order chi connectivity index (χ1) is 18.6. The molecule has 0 unspecified atom stereocenters. The lowest BCUT2D eigenvalue weighted by atomic mass is 10.1. The van der Waals surface area contributed by atoms with E-state index in [1.807, 2.05) is 32.0 Å². The van der Waals surface area contributed by atoms with Gasteiger partial charge in [0.15, 0.2) is 0 Å². The Labute approximate surface area is 221 Å². The molecule has 1 aromatic carbocycles. The van der Waals surface area contributed by atoms with Crippen molar-refractivity contribution in [2.45, 2.75) is 19.6 Å². The van der Waals surface area contributed by atoms with Crippen LogP contribution in [0, 0.1) is 6.92 Å². The minimum absolute atomic E-state index is 0.00679. The molecular weight excluding hydrogens is 517 g/mol. The maximum Gasteiger partial charge on any atom is 0.416 e. The van der Waals surface area contributed by atoms with Gasteiger partial charge in [0, 0.05) is 24.0 Å². The van der Waals surface area contributed by atoms with Crippen LogP contribution in [-0.4, -0.2) is 58.4 Å². The minimum Gasteiger partial charge on any atom is -0.476 e. The van der Waals surface area contributed by atoms with Crippen molar-refractivity contribution in [2.75, 3.05) is 37.9 Å². The van der Waals surface area contributed by atoms with Crippen molar-refractivity contribution in [3.8, 4) is 17.0 Å². The van der Waals surface area contributed by atoms with Gasteiger partial charge in [-0.15, -0.1) is 0 Å². The molecule has 0 saturated heterocycles. The molecule has 204 valence electrons. The Hall–Kier alpha value is -4.59. The summed E-state index contributed by atoms with van der Waals surface area (Å²) < 4.78 is 51.0. The molecule has 0 spiro atoms. The van der Waals surface area contributed by atoms with Gasteiger partial charge in [-0.3, -0.25) is 14.8 Å². The molecule has 0 radical (unpaired) electrons. The van der Waals surface area contributed by atoms with E-state index in [0.29, 0.717) is 18.2 Å². The van der Waals surface area contributed by atoms with Crippen molar-refractivity contribution in [2.24, 2.45) is 0 Å². The zero-order chi connectivity index (χ0) is 28.0. The van der Waals surface area contributed by atoms with Crippen molar-refractivity contribution < 1.29 is 31.9 Å². The molecule has 0 bridgehead atoms. The predicted octanol–water partition coefficient (Wildman–Crippen LogP) is 3.77. The summed E-state index contributed by atoms with van der Waals surface area (Å²) in [5, 5.41) is 8.56. The van der Waals surface area contributed by atoms with Crippen LogP contribution in [0.4, 0.5) is 29.5 Å². The Balaban J connectivity index is 1.37. The molecular formula is C25H26F3N8O3+. The van der Waals surface area contributed by atoms with E-state index >= 15 is 0 Å². The highest BCUT2D eigenvalue weighted by Gasteiger charge is 2.30. The highest BCUT2D eigenvalue weighted by molar-refractivity contribution is 5.98. The third-order valence-electron chi connectivity index (χ3n) is 5.41. The van der Waals surface area contributed by atoms with Crippen LogP contribution in [0.3, 0.4) is 0 Å². The number of urea groups is 1. The SMILES string of the molecule is Cc1ncnc(OCCN(C)C)c1-c1ccc(C[n+]2cc(NC(=O)Nc3cccc(C(F)(F)F)c3)on2)nc1. The zero-order valence-electron chi connectivity index (χ0n) is 21.4. The Kier molecular flexibility index (Phi) is 8.34. The van der Waals surface area contributed by atoms with Gasteiger partial charge in [0.1, 0.15) is 18.6 Å². The second kappa shape index (κ2) is 11.9. The lowest BCUT2D eigenvalue weighted by molar-refractivity contribution is -0.755. The molecule has 4 rings (SSSR count). The third-order valence-corrected chi connectivity index (χ3v) is 5.41. The summed E-state index contributed by atoms with van der Waals surface area (Å²) in [6, 6.07) is 7.17. The minimum atomic E-state index is -4.52. The van der Waals surface area contributed by atoms with E-state index in [4.69, 9.17) is 9.26 Å². The Morgan fingerprint density at radius 1 is 1.13 bits per heavy atom. The molecule has 3 aromatic heterocycles. The van der Waals surface area contributed by atoms with E-state index in [-0.39, 0.29) is 18.1 Å². The number of anilines is 2. The lowest BCUT2D eigenvalue weighted by Gasteiger charge is -2.14. The molecule has 0 saturated carbocycles. The van der Waals surface area contributed by atoms with Gasteiger partial charge in [0.05, 0.1) is 16.8 Å². The van der Waals surface area contributed by atoms with Crippen LogP contribution in [-0.2, 0) is 12.7 Å². The second-order valence-corrected chi connectivity index (χ2v) is 8.75.